The van der Waals surface area contributed by atoms with Crippen molar-refractivity contribution >= 4 is 36.4 Å². The Balaban J connectivity index is 0.00000143. The minimum absolute atomic E-state index is 0.000866. The van der Waals surface area contributed by atoms with Crippen molar-refractivity contribution in [2.45, 2.75) is 63.0 Å². The number of carboxylic acids is 2. The number of unbranched alkanes of at least 4 members (excludes halogenated alkanes) is 1. The van der Waals surface area contributed by atoms with Crippen LogP contribution in [-0.2, 0) is 25.6 Å². The van der Waals surface area contributed by atoms with Crippen molar-refractivity contribution in [1.29, 1.82) is 0 Å². The summed E-state index contributed by atoms with van der Waals surface area (Å²) in [6, 6.07) is 7.15. The van der Waals surface area contributed by atoms with Crippen LogP contribution in [0, 0.1) is 5.92 Å². The number of alkyl halides is 3. The summed E-state index contributed by atoms with van der Waals surface area (Å²) in [7, 11) is 0. The van der Waals surface area contributed by atoms with E-state index in [-0.39, 0.29) is 18.2 Å². The number of nitrogens with two attached hydrogens (primary N) is 1. The largest absolute Gasteiger partial charge is 0.490 e. The van der Waals surface area contributed by atoms with Crippen LogP contribution < -0.4 is 16.4 Å². The van der Waals surface area contributed by atoms with Crippen LogP contribution in [0.2, 0.25) is 0 Å². The Morgan fingerprint density at radius 1 is 0.971 bits per heavy atom. The maximum atomic E-state index is 12.7. The lowest BCUT2D eigenvalue weighted by Gasteiger charge is -2.23. The fourth-order valence-electron chi connectivity index (χ4n) is 2.64. The van der Waals surface area contributed by atoms with Gasteiger partial charge in [-0.25, -0.2) is 9.59 Å². The highest BCUT2D eigenvalue weighted by atomic mass is 32.1. The molecule has 198 valence electrons. The SMILES string of the molecule is CC(C)[C@H](S)C(=O)NC(CCCCN)C(=O)NC(Cc1ccccc1)C(=O)O.O=C(O)C(F)(F)F. The van der Waals surface area contributed by atoms with Gasteiger partial charge in [-0.3, -0.25) is 9.59 Å². The van der Waals surface area contributed by atoms with Gasteiger partial charge in [0, 0.05) is 6.42 Å². The molecule has 0 aliphatic rings. The van der Waals surface area contributed by atoms with E-state index >= 15 is 0 Å². The third kappa shape index (κ3) is 13.6. The molecule has 0 saturated heterocycles. The quantitative estimate of drug-likeness (QED) is 0.181. The van der Waals surface area contributed by atoms with Crippen LogP contribution in [0.5, 0.6) is 0 Å². The molecule has 1 aromatic rings. The summed E-state index contributed by atoms with van der Waals surface area (Å²) in [5.41, 5.74) is 6.31. The van der Waals surface area contributed by atoms with Gasteiger partial charge in [-0.05, 0) is 37.3 Å². The minimum Gasteiger partial charge on any atom is -0.480 e. The van der Waals surface area contributed by atoms with Gasteiger partial charge >= 0.3 is 18.1 Å². The molecule has 0 aliphatic heterocycles. The third-order valence-electron chi connectivity index (χ3n) is 4.62. The van der Waals surface area contributed by atoms with Crippen LogP contribution >= 0.6 is 12.6 Å². The molecule has 0 heterocycles. The molecule has 0 aliphatic carbocycles. The number of carboxylic acid groups (broad SMARTS) is 2. The molecule has 0 fully saturated rings. The number of thiol groups is 1. The first-order valence-corrected chi connectivity index (χ1v) is 11.3. The van der Waals surface area contributed by atoms with Crippen molar-refractivity contribution in [1.82, 2.24) is 10.6 Å². The predicted molar refractivity (Wildman–Crippen MR) is 126 cm³/mol. The molecule has 13 heteroatoms. The normalized spacial score (nSPS) is 13.6. The monoisotopic (exact) mass is 523 g/mol. The maximum Gasteiger partial charge on any atom is 0.490 e. The summed E-state index contributed by atoms with van der Waals surface area (Å²) < 4.78 is 31.7. The molecule has 0 aromatic heterocycles. The van der Waals surface area contributed by atoms with Gasteiger partial charge in [-0.1, -0.05) is 44.2 Å². The van der Waals surface area contributed by atoms with Gasteiger partial charge in [0.1, 0.15) is 12.1 Å². The van der Waals surface area contributed by atoms with E-state index in [1.54, 1.807) is 12.1 Å². The van der Waals surface area contributed by atoms with Gasteiger partial charge in [0.25, 0.3) is 0 Å². The summed E-state index contributed by atoms with van der Waals surface area (Å²) >= 11 is 4.28. The van der Waals surface area contributed by atoms with Crippen LogP contribution in [0.15, 0.2) is 30.3 Å². The smallest absolute Gasteiger partial charge is 0.480 e. The van der Waals surface area contributed by atoms with E-state index in [0.717, 1.165) is 5.56 Å². The molecular weight excluding hydrogens is 491 g/mol. The van der Waals surface area contributed by atoms with Crippen molar-refractivity contribution < 1.29 is 42.6 Å². The van der Waals surface area contributed by atoms with E-state index in [0.29, 0.717) is 25.8 Å². The molecule has 1 rings (SSSR count). The molecule has 1 aromatic carbocycles. The van der Waals surface area contributed by atoms with Gasteiger partial charge < -0.3 is 26.6 Å². The molecule has 2 unspecified atom stereocenters. The number of hydrogen-bond donors (Lipinski definition) is 6. The van der Waals surface area contributed by atoms with Crippen molar-refractivity contribution in [2.24, 2.45) is 11.7 Å². The van der Waals surface area contributed by atoms with E-state index in [4.69, 9.17) is 15.6 Å². The summed E-state index contributed by atoms with van der Waals surface area (Å²) in [5, 5.41) is 21.3. The Morgan fingerprint density at radius 3 is 1.91 bits per heavy atom. The lowest BCUT2D eigenvalue weighted by Crippen LogP contribution is -2.53. The van der Waals surface area contributed by atoms with Crippen LogP contribution in [-0.4, -0.2) is 64.0 Å². The molecule has 6 N–H and O–H groups in total. The van der Waals surface area contributed by atoms with Crippen LogP contribution in [0.3, 0.4) is 0 Å². The van der Waals surface area contributed by atoms with E-state index in [1.165, 1.54) is 0 Å². The molecule has 0 bridgehead atoms. The lowest BCUT2D eigenvalue weighted by molar-refractivity contribution is -0.192. The van der Waals surface area contributed by atoms with Crippen molar-refractivity contribution in [3.05, 3.63) is 35.9 Å². The zero-order chi connectivity index (χ0) is 27.2. The van der Waals surface area contributed by atoms with E-state index in [2.05, 4.69) is 23.3 Å². The molecule has 2 amide bonds. The Kier molecular flexibility index (Phi) is 14.7. The fourth-order valence-corrected chi connectivity index (χ4v) is 2.72. The molecule has 0 saturated carbocycles. The van der Waals surface area contributed by atoms with Gasteiger partial charge in [-0.2, -0.15) is 25.8 Å². The number of carbonyl (C=O) groups excluding carboxylic acids is 2. The van der Waals surface area contributed by atoms with Crippen LogP contribution in [0.1, 0.15) is 38.7 Å². The minimum atomic E-state index is -5.08. The highest BCUT2D eigenvalue weighted by Crippen LogP contribution is 2.13. The second kappa shape index (κ2) is 16.0. The number of hydrogen-bond acceptors (Lipinski definition) is 6. The Labute approximate surface area is 207 Å². The fraction of sp³-hybridized carbons (Fsp3) is 0.545. The lowest BCUT2D eigenvalue weighted by atomic mass is 10.0. The highest BCUT2D eigenvalue weighted by Gasteiger charge is 2.38. The van der Waals surface area contributed by atoms with E-state index < -0.39 is 41.4 Å². The zero-order valence-corrected chi connectivity index (χ0v) is 20.3. The van der Waals surface area contributed by atoms with E-state index in [9.17, 15) is 32.7 Å². The summed E-state index contributed by atoms with van der Waals surface area (Å²) in [6.07, 6.45) is -3.19. The van der Waals surface area contributed by atoms with Crippen LogP contribution in [0.4, 0.5) is 13.2 Å². The average molecular weight is 524 g/mol. The topological polar surface area (TPSA) is 159 Å². The van der Waals surface area contributed by atoms with Gasteiger partial charge in [-0.15, -0.1) is 0 Å². The molecule has 0 radical (unpaired) electrons. The standard InChI is InChI=1S/C20H31N3O4S.C2HF3O2/c1-13(2)17(28)19(25)22-15(10-6-7-11-21)18(24)23-16(20(26)27)12-14-8-4-3-5-9-14;3-2(4,5)1(6)7/h3-5,8-9,13,15-17,28H,6-7,10-12,21H2,1-2H3,(H,22,25)(H,23,24)(H,26,27);(H,6,7)/t15?,16?,17-;/m0./s1. The first-order valence-electron chi connectivity index (χ1n) is 10.8. The van der Waals surface area contributed by atoms with Crippen LogP contribution in [0.25, 0.3) is 0 Å². The number of halogens is 3. The van der Waals surface area contributed by atoms with Gasteiger partial charge in [0.2, 0.25) is 11.8 Å². The summed E-state index contributed by atoms with van der Waals surface area (Å²) in [5.74, 6) is -4.74. The van der Waals surface area contributed by atoms with Crippen molar-refractivity contribution in [3.8, 4) is 0 Å². The number of aliphatic carboxylic acids is 2. The zero-order valence-electron chi connectivity index (χ0n) is 19.4. The second-order valence-electron chi connectivity index (χ2n) is 7.93. The number of carbonyl (C=O) groups is 4. The predicted octanol–water partition coefficient (Wildman–Crippen LogP) is 2.00. The Bertz CT molecular complexity index is 824. The van der Waals surface area contributed by atoms with E-state index in [1.807, 2.05) is 32.0 Å². The number of nitrogens with one attached hydrogen (secondary N) is 2. The number of benzene rings is 1. The second-order valence-corrected chi connectivity index (χ2v) is 8.48. The molecule has 3 atom stereocenters. The van der Waals surface area contributed by atoms with Crippen molar-refractivity contribution in [3.63, 3.8) is 0 Å². The highest BCUT2D eigenvalue weighted by molar-refractivity contribution is 7.81. The molecular formula is C22H32F3N3O6S. The average Bonchev–Trinajstić information content (AvgIpc) is 2.77. The summed E-state index contributed by atoms with van der Waals surface area (Å²) in [6.45, 7) is 4.21. The van der Waals surface area contributed by atoms with Gasteiger partial charge in [0.05, 0.1) is 5.25 Å². The first-order chi connectivity index (χ1) is 16.2. The molecule has 9 nitrogen and oxygen atoms in total. The first kappa shape index (κ1) is 32.2. The third-order valence-corrected chi connectivity index (χ3v) is 5.45. The Morgan fingerprint density at radius 2 is 1.49 bits per heavy atom. The Hall–Kier alpha value is -2.80. The molecule has 0 spiro atoms. The van der Waals surface area contributed by atoms with Gasteiger partial charge in [0.15, 0.2) is 0 Å². The summed E-state index contributed by atoms with van der Waals surface area (Å²) in [4.78, 5) is 45.6. The van der Waals surface area contributed by atoms with Crippen molar-refractivity contribution in [2.75, 3.05) is 6.54 Å². The number of rotatable bonds is 12. The number of amides is 2. The maximum absolute atomic E-state index is 12.7. The molecule has 35 heavy (non-hydrogen) atoms.